The van der Waals surface area contributed by atoms with Crippen molar-refractivity contribution in [1.82, 2.24) is 5.16 Å². The topological polar surface area (TPSA) is 52.3 Å². The molecule has 4 nitrogen and oxygen atoms in total. The zero-order valence-electron chi connectivity index (χ0n) is 11.4. The van der Waals surface area contributed by atoms with Crippen LogP contribution < -0.4 is 4.74 Å². The van der Waals surface area contributed by atoms with Crippen LogP contribution >= 0.6 is 0 Å². The second-order valence-electron chi connectivity index (χ2n) is 4.97. The molecule has 0 atom stereocenters. The number of nitrogens with zero attached hydrogens (tertiary/aromatic N) is 1. The van der Waals surface area contributed by atoms with Crippen LogP contribution in [0.3, 0.4) is 0 Å². The van der Waals surface area contributed by atoms with E-state index in [1.807, 2.05) is 0 Å². The predicted molar refractivity (Wildman–Crippen MR) is 69.2 cm³/mol. The normalized spacial score (nSPS) is 14.2. The van der Waals surface area contributed by atoms with Crippen LogP contribution in [0.1, 0.15) is 47.3 Å². The second kappa shape index (κ2) is 5.27. The number of ether oxygens (including phenoxy) is 1. The van der Waals surface area contributed by atoms with Gasteiger partial charge in [0.1, 0.15) is 11.8 Å². The minimum atomic E-state index is -0.903. The third kappa shape index (κ3) is 2.53. The van der Waals surface area contributed by atoms with Gasteiger partial charge < -0.3 is 9.26 Å². The summed E-state index contributed by atoms with van der Waals surface area (Å²) in [6.45, 7) is 1.78. The fourth-order valence-corrected chi connectivity index (χ4v) is 2.18. The lowest BCUT2D eigenvalue weighted by Crippen LogP contribution is -2.12. The molecule has 0 amide bonds. The Kier molecular flexibility index (Phi) is 3.45. The van der Waals surface area contributed by atoms with Crippen molar-refractivity contribution >= 4 is 5.97 Å². The summed E-state index contributed by atoms with van der Waals surface area (Å²) in [4.78, 5) is 12.0. The van der Waals surface area contributed by atoms with Crippen molar-refractivity contribution in [3.8, 4) is 5.75 Å². The Hall–Kier alpha value is -2.24. The number of hydrogen-bond donors (Lipinski definition) is 0. The van der Waals surface area contributed by atoms with Gasteiger partial charge in [-0.25, -0.2) is 13.6 Å². The van der Waals surface area contributed by atoms with Crippen molar-refractivity contribution in [3.05, 3.63) is 46.9 Å². The number of carbonyl (C=O) groups is 1. The average Bonchev–Trinajstić information content (AvgIpc) is 3.19. The van der Waals surface area contributed by atoms with Crippen molar-refractivity contribution in [1.29, 1.82) is 0 Å². The lowest BCUT2D eigenvalue weighted by molar-refractivity contribution is 0.0718. The number of halogens is 2. The molecule has 6 heteroatoms. The van der Waals surface area contributed by atoms with Gasteiger partial charge in [-0.3, -0.25) is 0 Å². The Bertz CT molecular complexity index is 692. The van der Waals surface area contributed by atoms with Gasteiger partial charge in [-0.15, -0.1) is 0 Å². The first kappa shape index (κ1) is 13.7. The molecule has 3 rings (SSSR count). The quantitative estimate of drug-likeness (QED) is 0.638. The van der Waals surface area contributed by atoms with E-state index in [0.717, 1.165) is 25.2 Å². The highest BCUT2D eigenvalue weighted by molar-refractivity contribution is 5.91. The van der Waals surface area contributed by atoms with Crippen molar-refractivity contribution in [2.45, 2.75) is 32.1 Å². The molecule has 0 saturated heterocycles. The Labute approximate surface area is 119 Å². The molecule has 1 fully saturated rings. The summed E-state index contributed by atoms with van der Waals surface area (Å²) in [7, 11) is 0. The number of aromatic nitrogens is 1. The fourth-order valence-electron chi connectivity index (χ4n) is 2.18. The molecule has 21 heavy (non-hydrogen) atoms. The number of hydrogen-bond acceptors (Lipinski definition) is 4. The molecular weight excluding hydrogens is 280 g/mol. The molecule has 1 aliphatic carbocycles. The van der Waals surface area contributed by atoms with E-state index in [0.29, 0.717) is 17.7 Å². The Morgan fingerprint density at radius 3 is 2.86 bits per heavy atom. The summed E-state index contributed by atoms with van der Waals surface area (Å²) in [5.41, 5.74) is 0.854. The van der Waals surface area contributed by atoms with E-state index >= 15 is 0 Å². The molecule has 1 heterocycles. The molecule has 0 spiro atoms. The van der Waals surface area contributed by atoms with Gasteiger partial charge in [0.15, 0.2) is 11.6 Å². The van der Waals surface area contributed by atoms with Crippen LogP contribution in [-0.2, 0) is 6.42 Å². The SMILES string of the molecule is CCc1nocc1C(=O)Oc1c(F)ccc(C2CC2)c1F. The largest absolute Gasteiger partial charge is 0.416 e. The molecule has 1 aromatic carbocycles. The van der Waals surface area contributed by atoms with E-state index in [4.69, 9.17) is 4.74 Å². The van der Waals surface area contributed by atoms with Gasteiger partial charge in [0.2, 0.25) is 5.75 Å². The highest BCUT2D eigenvalue weighted by Gasteiger charge is 2.30. The van der Waals surface area contributed by atoms with Crippen molar-refractivity contribution in [2.24, 2.45) is 0 Å². The number of rotatable bonds is 4. The number of esters is 1. The third-order valence-corrected chi connectivity index (χ3v) is 3.49. The molecule has 110 valence electrons. The van der Waals surface area contributed by atoms with Gasteiger partial charge in [0.05, 0.1) is 5.69 Å². The van der Waals surface area contributed by atoms with E-state index < -0.39 is 23.4 Å². The third-order valence-electron chi connectivity index (χ3n) is 3.49. The molecular formula is C15H13F2NO3. The Morgan fingerprint density at radius 2 is 2.19 bits per heavy atom. The van der Waals surface area contributed by atoms with Gasteiger partial charge in [-0.05, 0) is 36.8 Å². The Balaban J connectivity index is 1.91. The summed E-state index contributed by atoms with van der Waals surface area (Å²) in [6.07, 6.45) is 3.29. The summed E-state index contributed by atoms with van der Waals surface area (Å²) >= 11 is 0. The van der Waals surface area contributed by atoms with E-state index in [-0.39, 0.29) is 11.5 Å². The molecule has 1 aliphatic rings. The summed E-state index contributed by atoms with van der Waals surface area (Å²) in [5, 5.41) is 3.63. The van der Waals surface area contributed by atoms with Gasteiger partial charge in [-0.2, -0.15) is 0 Å². The first-order chi connectivity index (χ1) is 10.1. The minimum absolute atomic E-state index is 0.0770. The lowest BCUT2D eigenvalue weighted by atomic mass is 10.1. The van der Waals surface area contributed by atoms with Crippen LogP contribution in [-0.4, -0.2) is 11.1 Å². The van der Waals surface area contributed by atoms with Gasteiger partial charge in [-0.1, -0.05) is 18.1 Å². The van der Waals surface area contributed by atoms with Crippen molar-refractivity contribution in [2.75, 3.05) is 0 Å². The fraction of sp³-hybridized carbons (Fsp3) is 0.333. The molecule has 0 bridgehead atoms. The van der Waals surface area contributed by atoms with Crippen LogP contribution in [0.2, 0.25) is 0 Å². The monoisotopic (exact) mass is 293 g/mol. The van der Waals surface area contributed by atoms with Crippen LogP contribution in [0.15, 0.2) is 22.9 Å². The smallest absolute Gasteiger partial charge is 0.349 e. The number of carbonyl (C=O) groups excluding carboxylic acids is 1. The van der Waals surface area contributed by atoms with Crippen molar-refractivity contribution in [3.63, 3.8) is 0 Å². The zero-order chi connectivity index (χ0) is 15.0. The van der Waals surface area contributed by atoms with Gasteiger partial charge in [0, 0.05) is 0 Å². The molecule has 2 aromatic rings. The van der Waals surface area contributed by atoms with Crippen molar-refractivity contribution < 1.29 is 22.8 Å². The van der Waals surface area contributed by atoms with Crippen LogP contribution in [0, 0.1) is 11.6 Å². The zero-order valence-corrected chi connectivity index (χ0v) is 11.4. The van der Waals surface area contributed by atoms with E-state index in [9.17, 15) is 13.6 Å². The van der Waals surface area contributed by atoms with Gasteiger partial charge >= 0.3 is 5.97 Å². The van der Waals surface area contributed by atoms with E-state index in [1.165, 1.54) is 6.07 Å². The van der Waals surface area contributed by atoms with Crippen LogP contribution in [0.4, 0.5) is 8.78 Å². The molecule has 1 aromatic heterocycles. The average molecular weight is 293 g/mol. The standard InChI is InChI=1S/C15H13F2NO3/c1-2-12-10(7-20-18-12)15(19)21-14-11(16)6-5-9(13(14)17)8-3-4-8/h5-8H,2-4H2,1H3. The lowest BCUT2D eigenvalue weighted by Gasteiger charge is -2.09. The number of benzene rings is 1. The first-order valence-corrected chi connectivity index (χ1v) is 6.75. The maximum absolute atomic E-state index is 14.3. The molecule has 0 unspecified atom stereocenters. The highest BCUT2D eigenvalue weighted by atomic mass is 19.1. The molecule has 0 radical (unpaired) electrons. The van der Waals surface area contributed by atoms with Crippen LogP contribution in [0.25, 0.3) is 0 Å². The van der Waals surface area contributed by atoms with E-state index in [2.05, 4.69) is 9.68 Å². The Morgan fingerprint density at radius 1 is 1.43 bits per heavy atom. The number of aryl methyl sites for hydroxylation is 1. The summed E-state index contributed by atoms with van der Waals surface area (Å²) < 4.78 is 37.6. The maximum Gasteiger partial charge on any atom is 0.349 e. The maximum atomic E-state index is 14.3. The van der Waals surface area contributed by atoms with Gasteiger partial charge in [0.25, 0.3) is 0 Å². The minimum Gasteiger partial charge on any atom is -0.416 e. The highest BCUT2D eigenvalue weighted by Crippen LogP contribution is 2.43. The molecule has 1 saturated carbocycles. The first-order valence-electron chi connectivity index (χ1n) is 6.75. The molecule has 0 N–H and O–H groups in total. The predicted octanol–water partition coefficient (Wildman–Crippen LogP) is 3.61. The molecule has 0 aliphatic heterocycles. The summed E-state index contributed by atoms with van der Waals surface area (Å²) in [5.74, 6) is -3.16. The second-order valence-corrected chi connectivity index (χ2v) is 4.97. The summed E-state index contributed by atoms with van der Waals surface area (Å²) in [6, 6.07) is 2.52. The van der Waals surface area contributed by atoms with E-state index in [1.54, 1.807) is 6.92 Å². The van der Waals surface area contributed by atoms with Crippen LogP contribution in [0.5, 0.6) is 5.75 Å².